The first-order chi connectivity index (χ1) is 9.77. The molecule has 0 aliphatic carbocycles. The summed E-state index contributed by atoms with van der Waals surface area (Å²) < 4.78 is 10.1. The molecule has 0 saturated carbocycles. The van der Waals surface area contributed by atoms with Gasteiger partial charge < -0.3 is 25.4 Å². The topological polar surface area (TPSA) is 71.6 Å². The van der Waals surface area contributed by atoms with Crippen LogP contribution in [0.4, 0.5) is 5.69 Å². The van der Waals surface area contributed by atoms with E-state index in [0.717, 1.165) is 24.5 Å². The Morgan fingerprint density at radius 2 is 1.95 bits per heavy atom. The van der Waals surface area contributed by atoms with E-state index in [9.17, 15) is 4.79 Å². The van der Waals surface area contributed by atoms with Crippen molar-refractivity contribution >= 4 is 11.6 Å². The van der Waals surface area contributed by atoms with E-state index in [1.807, 2.05) is 24.3 Å². The standard InChI is InChI=1S/C14H23N3O3/c1-19-10-9-15-7-8-16-14(18)11-17-12-5-3-4-6-13(12)20-2/h3-6,15,17H,7-11H2,1-2H3,(H,16,18). The average Bonchev–Trinajstić information content (AvgIpc) is 2.49. The van der Waals surface area contributed by atoms with Crippen molar-refractivity contribution in [2.24, 2.45) is 0 Å². The Hall–Kier alpha value is -1.79. The van der Waals surface area contributed by atoms with Gasteiger partial charge in [0.15, 0.2) is 0 Å². The Bertz CT molecular complexity index is 399. The number of amides is 1. The summed E-state index contributed by atoms with van der Waals surface area (Å²) in [6.45, 7) is 2.99. The Balaban J connectivity index is 2.16. The molecule has 1 aromatic rings. The summed E-state index contributed by atoms with van der Waals surface area (Å²) in [6.07, 6.45) is 0. The quantitative estimate of drug-likeness (QED) is 0.544. The molecule has 0 aliphatic rings. The van der Waals surface area contributed by atoms with Crippen molar-refractivity contribution in [2.75, 3.05) is 52.3 Å². The predicted octanol–water partition coefficient (Wildman–Crippen LogP) is 0.459. The van der Waals surface area contributed by atoms with Crippen LogP contribution in [0.2, 0.25) is 0 Å². The van der Waals surface area contributed by atoms with E-state index in [2.05, 4.69) is 16.0 Å². The molecule has 0 spiro atoms. The number of hydrogen-bond acceptors (Lipinski definition) is 5. The van der Waals surface area contributed by atoms with Gasteiger partial charge >= 0.3 is 0 Å². The van der Waals surface area contributed by atoms with Gasteiger partial charge in [0, 0.05) is 26.7 Å². The van der Waals surface area contributed by atoms with Crippen molar-refractivity contribution < 1.29 is 14.3 Å². The zero-order valence-corrected chi connectivity index (χ0v) is 12.1. The fourth-order valence-electron chi connectivity index (χ4n) is 1.62. The van der Waals surface area contributed by atoms with Crippen molar-refractivity contribution in [3.8, 4) is 5.75 Å². The molecule has 0 heterocycles. The van der Waals surface area contributed by atoms with Crippen LogP contribution in [0, 0.1) is 0 Å². The molecule has 0 aliphatic heterocycles. The maximum absolute atomic E-state index is 11.6. The lowest BCUT2D eigenvalue weighted by Crippen LogP contribution is -2.36. The minimum Gasteiger partial charge on any atom is -0.495 e. The Labute approximate surface area is 119 Å². The van der Waals surface area contributed by atoms with Crippen LogP contribution in [0.15, 0.2) is 24.3 Å². The Morgan fingerprint density at radius 1 is 1.15 bits per heavy atom. The van der Waals surface area contributed by atoms with Crippen LogP contribution in [0.3, 0.4) is 0 Å². The van der Waals surface area contributed by atoms with Crippen LogP contribution in [0.1, 0.15) is 0 Å². The number of rotatable bonds is 10. The zero-order valence-electron chi connectivity index (χ0n) is 12.1. The molecule has 1 aromatic carbocycles. The summed E-state index contributed by atoms with van der Waals surface area (Å²) in [7, 11) is 3.26. The van der Waals surface area contributed by atoms with Crippen molar-refractivity contribution in [3.05, 3.63) is 24.3 Å². The van der Waals surface area contributed by atoms with Crippen molar-refractivity contribution in [1.29, 1.82) is 0 Å². The lowest BCUT2D eigenvalue weighted by Gasteiger charge is -2.11. The van der Waals surface area contributed by atoms with Gasteiger partial charge in [-0.15, -0.1) is 0 Å². The molecule has 112 valence electrons. The van der Waals surface area contributed by atoms with Gasteiger partial charge in [-0.1, -0.05) is 12.1 Å². The van der Waals surface area contributed by atoms with E-state index in [-0.39, 0.29) is 12.5 Å². The van der Waals surface area contributed by atoms with E-state index in [1.165, 1.54) is 0 Å². The predicted molar refractivity (Wildman–Crippen MR) is 79.2 cm³/mol. The summed E-state index contributed by atoms with van der Waals surface area (Å²) in [4.78, 5) is 11.6. The first-order valence-electron chi connectivity index (χ1n) is 6.61. The maximum atomic E-state index is 11.6. The normalized spacial score (nSPS) is 10.1. The van der Waals surface area contributed by atoms with Crippen LogP contribution in [0.25, 0.3) is 0 Å². The first-order valence-corrected chi connectivity index (χ1v) is 6.61. The number of anilines is 1. The molecule has 1 rings (SSSR count). The van der Waals surface area contributed by atoms with Crippen LogP contribution in [-0.2, 0) is 9.53 Å². The van der Waals surface area contributed by atoms with Gasteiger partial charge in [-0.25, -0.2) is 0 Å². The number of carbonyl (C=O) groups excluding carboxylic acids is 1. The van der Waals surface area contributed by atoms with E-state index >= 15 is 0 Å². The number of ether oxygens (including phenoxy) is 2. The van der Waals surface area contributed by atoms with Gasteiger partial charge in [0.2, 0.25) is 5.91 Å². The maximum Gasteiger partial charge on any atom is 0.239 e. The van der Waals surface area contributed by atoms with Crippen LogP contribution in [0.5, 0.6) is 5.75 Å². The average molecular weight is 281 g/mol. The SMILES string of the molecule is COCCNCCNC(=O)CNc1ccccc1OC. The van der Waals surface area contributed by atoms with Crippen LogP contribution >= 0.6 is 0 Å². The smallest absolute Gasteiger partial charge is 0.239 e. The zero-order chi connectivity index (χ0) is 14.6. The summed E-state index contributed by atoms with van der Waals surface area (Å²) in [5.41, 5.74) is 0.809. The highest BCUT2D eigenvalue weighted by molar-refractivity contribution is 5.81. The van der Waals surface area contributed by atoms with Crippen LogP contribution in [-0.4, -0.2) is 52.9 Å². The Morgan fingerprint density at radius 3 is 2.70 bits per heavy atom. The lowest BCUT2D eigenvalue weighted by molar-refractivity contribution is -0.119. The minimum absolute atomic E-state index is 0.0514. The summed E-state index contributed by atoms with van der Waals surface area (Å²) in [5, 5.41) is 9.02. The highest BCUT2D eigenvalue weighted by Gasteiger charge is 2.04. The molecular formula is C14H23N3O3. The van der Waals surface area contributed by atoms with Gasteiger partial charge in [-0.2, -0.15) is 0 Å². The molecule has 0 unspecified atom stereocenters. The van der Waals surface area contributed by atoms with Gasteiger partial charge in [-0.3, -0.25) is 4.79 Å². The molecule has 1 amide bonds. The molecule has 6 nitrogen and oxygen atoms in total. The molecule has 0 bridgehead atoms. The molecule has 0 aromatic heterocycles. The molecule has 0 saturated heterocycles. The van der Waals surface area contributed by atoms with E-state index in [4.69, 9.17) is 9.47 Å². The van der Waals surface area contributed by atoms with Crippen molar-refractivity contribution in [1.82, 2.24) is 10.6 Å². The molecule has 0 atom stereocenters. The summed E-state index contributed by atoms with van der Waals surface area (Å²) in [6, 6.07) is 7.50. The highest BCUT2D eigenvalue weighted by atomic mass is 16.5. The Kier molecular flexibility index (Phi) is 8.17. The third-order valence-corrected chi connectivity index (χ3v) is 2.65. The fourth-order valence-corrected chi connectivity index (χ4v) is 1.62. The molecule has 0 radical (unpaired) electrons. The number of nitrogens with one attached hydrogen (secondary N) is 3. The summed E-state index contributed by atoms with van der Waals surface area (Å²) >= 11 is 0. The van der Waals surface area contributed by atoms with Gasteiger partial charge in [0.1, 0.15) is 5.75 Å². The molecule has 0 fully saturated rings. The molecule has 3 N–H and O–H groups in total. The third-order valence-electron chi connectivity index (χ3n) is 2.65. The van der Waals surface area contributed by atoms with E-state index in [0.29, 0.717) is 13.2 Å². The molecule has 20 heavy (non-hydrogen) atoms. The number of methoxy groups -OCH3 is 2. The van der Waals surface area contributed by atoms with Gasteiger partial charge in [-0.05, 0) is 12.1 Å². The van der Waals surface area contributed by atoms with Crippen molar-refractivity contribution in [3.63, 3.8) is 0 Å². The summed E-state index contributed by atoms with van der Waals surface area (Å²) in [5.74, 6) is 0.672. The largest absolute Gasteiger partial charge is 0.495 e. The second-order valence-corrected chi connectivity index (χ2v) is 4.15. The van der Waals surface area contributed by atoms with E-state index in [1.54, 1.807) is 14.2 Å². The first kappa shape index (κ1) is 16.3. The monoisotopic (exact) mass is 281 g/mol. The molecule has 6 heteroatoms. The van der Waals surface area contributed by atoms with E-state index < -0.39 is 0 Å². The third kappa shape index (κ3) is 6.40. The van der Waals surface area contributed by atoms with Gasteiger partial charge in [0.05, 0.1) is 25.9 Å². The molecular weight excluding hydrogens is 258 g/mol. The lowest BCUT2D eigenvalue weighted by atomic mass is 10.3. The second kappa shape index (κ2) is 10.1. The van der Waals surface area contributed by atoms with Crippen molar-refractivity contribution in [2.45, 2.75) is 0 Å². The number of para-hydroxylation sites is 2. The second-order valence-electron chi connectivity index (χ2n) is 4.15. The number of benzene rings is 1. The fraction of sp³-hybridized carbons (Fsp3) is 0.500. The van der Waals surface area contributed by atoms with Gasteiger partial charge in [0.25, 0.3) is 0 Å². The number of hydrogen-bond donors (Lipinski definition) is 3. The number of carbonyl (C=O) groups is 1. The van der Waals surface area contributed by atoms with Crippen LogP contribution < -0.4 is 20.7 Å². The highest BCUT2D eigenvalue weighted by Crippen LogP contribution is 2.22. The minimum atomic E-state index is -0.0514.